The summed E-state index contributed by atoms with van der Waals surface area (Å²) in [4.78, 5) is 2.27. The molecule has 1 heterocycles. The Morgan fingerprint density at radius 2 is 2.11 bits per heavy atom. The van der Waals surface area contributed by atoms with Crippen molar-refractivity contribution in [2.24, 2.45) is 5.92 Å². The molecule has 1 aliphatic heterocycles. The van der Waals surface area contributed by atoms with Crippen molar-refractivity contribution in [3.8, 4) is 5.75 Å². The highest BCUT2D eigenvalue weighted by Crippen LogP contribution is 2.18. The van der Waals surface area contributed by atoms with Gasteiger partial charge in [0, 0.05) is 17.6 Å². The normalized spacial score (nSPS) is 25.1. The van der Waals surface area contributed by atoms with Crippen LogP contribution in [-0.4, -0.2) is 42.4 Å². The summed E-state index contributed by atoms with van der Waals surface area (Å²) in [6.45, 7) is 5.48. The van der Waals surface area contributed by atoms with E-state index in [0.29, 0.717) is 12.5 Å². The fraction of sp³-hybridized carbons (Fsp3) is 0.571. The third-order valence-electron chi connectivity index (χ3n) is 3.49. The maximum absolute atomic E-state index is 9.81. The molecule has 18 heavy (non-hydrogen) atoms. The summed E-state index contributed by atoms with van der Waals surface area (Å²) in [5.41, 5.74) is 0. The molecule has 1 aliphatic rings. The van der Waals surface area contributed by atoms with Crippen LogP contribution in [0.15, 0.2) is 28.7 Å². The number of rotatable bonds is 4. The van der Waals surface area contributed by atoms with Crippen LogP contribution in [-0.2, 0) is 0 Å². The van der Waals surface area contributed by atoms with Gasteiger partial charge in [-0.2, -0.15) is 0 Å². The zero-order chi connectivity index (χ0) is 13.0. The van der Waals surface area contributed by atoms with Crippen molar-refractivity contribution in [1.82, 2.24) is 4.90 Å². The smallest absolute Gasteiger partial charge is 0.119 e. The summed E-state index contributed by atoms with van der Waals surface area (Å²) in [7, 11) is 0. The molecular formula is C14H20BrNO2. The van der Waals surface area contributed by atoms with Gasteiger partial charge >= 0.3 is 0 Å². The highest BCUT2D eigenvalue weighted by atomic mass is 79.9. The van der Waals surface area contributed by atoms with Crippen LogP contribution < -0.4 is 4.74 Å². The first-order valence-corrected chi connectivity index (χ1v) is 7.23. The topological polar surface area (TPSA) is 32.7 Å². The predicted octanol–water partition coefficient (Wildman–Crippen LogP) is 2.53. The number of hydrogen-bond acceptors (Lipinski definition) is 3. The Hall–Kier alpha value is -0.580. The van der Waals surface area contributed by atoms with Gasteiger partial charge in [0.05, 0.1) is 6.10 Å². The Labute approximate surface area is 117 Å². The first kappa shape index (κ1) is 13.8. The molecule has 0 amide bonds. The first-order chi connectivity index (χ1) is 8.65. The Balaban J connectivity index is 1.71. The molecule has 3 nitrogen and oxygen atoms in total. The number of likely N-dealkylation sites (tertiary alicyclic amines) is 1. The minimum Gasteiger partial charge on any atom is -0.492 e. The zero-order valence-corrected chi connectivity index (χ0v) is 12.3. The lowest BCUT2D eigenvalue weighted by Crippen LogP contribution is -2.44. The van der Waals surface area contributed by atoms with Gasteiger partial charge in [0.15, 0.2) is 0 Å². The zero-order valence-electron chi connectivity index (χ0n) is 10.7. The fourth-order valence-corrected chi connectivity index (χ4v) is 2.41. The van der Waals surface area contributed by atoms with Gasteiger partial charge in [-0.1, -0.05) is 22.9 Å². The molecule has 2 atom stereocenters. The van der Waals surface area contributed by atoms with E-state index in [2.05, 4.69) is 27.8 Å². The third-order valence-corrected chi connectivity index (χ3v) is 4.02. The van der Waals surface area contributed by atoms with Gasteiger partial charge in [0.1, 0.15) is 12.4 Å². The Morgan fingerprint density at radius 1 is 1.39 bits per heavy atom. The molecule has 0 spiro atoms. The molecular weight excluding hydrogens is 294 g/mol. The molecule has 1 fully saturated rings. The van der Waals surface area contributed by atoms with E-state index in [4.69, 9.17) is 4.74 Å². The molecule has 2 unspecified atom stereocenters. The van der Waals surface area contributed by atoms with E-state index in [0.717, 1.165) is 36.3 Å². The SMILES string of the molecule is CC1CCN(CCOc2ccc(Br)cc2)CC1O. The molecule has 4 heteroatoms. The highest BCUT2D eigenvalue weighted by molar-refractivity contribution is 9.10. The molecule has 0 radical (unpaired) electrons. The molecule has 1 aromatic carbocycles. The number of halogens is 1. The summed E-state index contributed by atoms with van der Waals surface area (Å²) in [5, 5.41) is 9.81. The molecule has 1 aromatic rings. The van der Waals surface area contributed by atoms with Gasteiger partial charge in [-0.25, -0.2) is 0 Å². The van der Waals surface area contributed by atoms with E-state index in [1.54, 1.807) is 0 Å². The van der Waals surface area contributed by atoms with E-state index in [1.165, 1.54) is 0 Å². The largest absolute Gasteiger partial charge is 0.492 e. The van der Waals surface area contributed by atoms with Gasteiger partial charge in [-0.3, -0.25) is 4.90 Å². The number of aliphatic hydroxyl groups excluding tert-OH is 1. The second kappa shape index (κ2) is 6.55. The molecule has 2 rings (SSSR count). The van der Waals surface area contributed by atoms with Crippen LogP contribution in [0.4, 0.5) is 0 Å². The van der Waals surface area contributed by atoms with Gasteiger partial charge < -0.3 is 9.84 Å². The molecule has 1 N–H and O–H groups in total. The van der Waals surface area contributed by atoms with Crippen molar-refractivity contribution in [2.75, 3.05) is 26.2 Å². The number of benzene rings is 1. The lowest BCUT2D eigenvalue weighted by molar-refractivity contribution is 0.0244. The van der Waals surface area contributed by atoms with E-state index in [-0.39, 0.29) is 6.10 Å². The van der Waals surface area contributed by atoms with Gasteiger partial charge in [-0.15, -0.1) is 0 Å². The third kappa shape index (κ3) is 3.97. The lowest BCUT2D eigenvalue weighted by atomic mass is 9.96. The van der Waals surface area contributed by atoms with Crippen LogP contribution in [0, 0.1) is 5.92 Å². The predicted molar refractivity (Wildman–Crippen MR) is 75.9 cm³/mol. The maximum atomic E-state index is 9.81. The number of aliphatic hydroxyl groups is 1. The van der Waals surface area contributed by atoms with Crippen molar-refractivity contribution in [3.05, 3.63) is 28.7 Å². The van der Waals surface area contributed by atoms with Crippen molar-refractivity contribution >= 4 is 15.9 Å². The number of β-amino-alcohol motifs (C(OH)–C–C–N with tert-alkyl or cyclic N) is 1. The van der Waals surface area contributed by atoms with Crippen LogP contribution in [0.2, 0.25) is 0 Å². The average Bonchev–Trinajstić information content (AvgIpc) is 2.36. The van der Waals surface area contributed by atoms with E-state index in [9.17, 15) is 5.11 Å². The van der Waals surface area contributed by atoms with Crippen molar-refractivity contribution in [3.63, 3.8) is 0 Å². The van der Waals surface area contributed by atoms with Gasteiger partial charge in [0.25, 0.3) is 0 Å². The van der Waals surface area contributed by atoms with Gasteiger partial charge in [0.2, 0.25) is 0 Å². The van der Waals surface area contributed by atoms with Crippen LogP contribution in [0.5, 0.6) is 5.75 Å². The summed E-state index contributed by atoms with van der Waals surface area (Å²) < 4.78 is 6.74. The summed E-state index contributed by atoms with van der Waals surface area (Å²) >= 11 is 3.40. The number of ether oxygens (including phenoxy) is 1. The Kier molecular flexibility index (Phi) is 5.03. The first-order valence-electron chi connectivity index (χ1n) is 6.44. The lowest BCUT2D eigenvalue weighted by Gasteiger charge is -2.34. The van der Waals surface area contributed by atoms with Crippen molar-refractivity contribution in [2.45, 2.75) is 19.4 Å². The van der Waals surface area contributed by atoms with E-state index < -0.39 is 0 Å². The molecule has 0 aromatic heterocycles. The highest BCUT2D eigenvalue weighted by Gasteiger charge is 2.23. The van der Waals surface area contributed by atoms with Crippen LogP contribution in [0.3, 0.4) is 0 Å². The molecule has 0 aliphatic carbocycles. The number of hydrogen-bond donors (Lipinski definition) is 1. The quantitative estimate of drug-likeness (QED) is 0.927. The molecule has 100 valence electrons. The molecule has 1 saturated heterocycles. The number of nitrogens with zero attached hydrogens (tertiary/aromatic N) is 1. The van der Waals surface area contributed by atoms with Crippen LogP contribution in [0.25, 0.3) is 0 Å². The molecule has 0 bridgehead atoms. The second-order valence-corrected chi connectivity index (χ2v) is 5.85. The minimum absolute atomic E-state index is 0.188. The summed E-state index contributed by atoms with van der Waals surface area (Å²) in [6, 6.07) is 7.86. The van der Waals surface area contributed by atoms with Crippen LogP contribution in [0.1, 0.15) is 13.3 Å². The van der Waals surface area contributed by atoms with Crippen molar-refractivity contribution in [1.29, 1.82) is 0 Å². The number of piperidine rings is 1. The summed E-state index contributed by atoms with van der Waals surface area (Å²) in [6.07, 6.45) is 0.880. The van der Waals surface area contributed by atoms with E-state index in [1.807, 2.05) is 24.3 Å². The monoisotopic (exact) mass is 313 g/mol. The van der Waals surface area contributed by atoms with Crippen LogP contribution >= 0.6 is 15.9 Å². The second-order valence-electron chi connectivity index (χ2n) is 4.94. The minimum atomic E-state index is -0.188. The Bertz CT molecular complexity index is 369. The Morgan fingerprint density at radius 3 is 2.78 bits per heavy atom. The van der Waals surface area contributed by atoms with Crippen molar-refractivity contribution < 1.29 is 9.84 Å². The fourth-order valence-electron chi connectivity index (χ4n) is 2.14. The van der Waals surface area contributed by atoms with Gasteiger partial charge in [-0.05, 0) is 43.1 Å². The average molecular weight is 314 g/mol. The standard InChI is InChI=1S/C14H20BrNO2/c1-11-6-7-16(10-14(11)17)8-9-18-13-4-2-12(15)3-5-13/h2-5,11,14,17H,6-10H2,1H3. The summed E-state index contributed by atoms with van der Waals surface area (Å²) in [5.74, 6) is 1.32. The van der Waals surface area contributed by atoms with E-state index >= 15 is 0 Å². The molecule has 0 saturated carbocycles. The maximum Gasteiger partial charge on any atom is 0.119 e.